The van der Waals surface area contributed by atoms with Crippen LogP contribution in [0, 0.1) is 18.3 Å². The van der Waals surface area contributed by atoms with Crippen molar-refractivity contribution in [1.29, 1.82) is 0 Å². The highest BCUT2D eigenvalue weighted by Gasteiger charge is 2.10. The van der Waals surface area contributed by atoms with E-state index in [-0.39, 0.29) is 0 Å². The Morgan fingerprint density at radius 3 is 2.50 bits per heavy atom. The lowest BCUT2D eigenvalue weighted by Gasteiger charge is -2.18. The fourth-order valence-electron chi connectivity index (χ4n) is 1.79. The van der Waals surface area contributed by atoms with E-state index in [1.807, 2.05) is 13.0 Å². The lowest BCUT2D eigenvalue weighted by Crippen LogP contribution is -2.19. The molecule has 0 unspecified atom stereocenters. The van der Waals surface area contributed by atoms with Crippen LogP contribution < -0.4 is 10.1 Å². The molecular weight excluding hydrogens is 248 g/mol. The van der Waals surface area contributed by atoms with Gasteiger partial charge in [0.25, 0.3) is 0 Å². The molecule has 0 amide bonds. The van der Waals surface area contributed by atoms with E-state index in [1.165, 1.54) is 5.56 Å². The molecule has 0 aliphatic heterocycles. The largest absolute Gasteiger partial charge is 0.478 e. The summed E-state index contributed by atoms with van der Waals surface area (Å²) in [6, 6.07) is 4.09. The Bertz CT molecular complexity index is 408. The first kappa shape index (κ1) is 17.0. The number of ether oxygens (including phenoxy) is 1. The van der Waals surface area contributed by atoms with Gasteiger partial charge in [-0.3, -0.25) is 0 Å². The molecule has 20 heavy (non-hydrogen) atoms. The molecule has 3 heteroatoms. The van der Waals surface area contributed by atoms with Crippen LogP contribution in [0.25, 0.3) is 0 Å². The van der Waals surface area contributed by atoms with Gasteiger partial charge in [-0.25, -0.2) is 4.98 Å². The van der Waals surface area contributed by atoms with Crippen molar-refractivity contribution < 1.29 is 4.74 Å². The van der Waals surface area contributed by atoms with Crippen LogP contribution in [-0.2, 0) is 6.54 Å². The number of rotatable bonds is 7. The van der Waals surface area contributed by atoms with Crippen LogP contribution in [0.2, 0.25) is 0 Å². The number of nitrogens with one attached hydrogen (secondary N) is 1. The summed E-state index contributed by atoms with van der Waals surface area (Å²) in [5.74, 6) is 1.41. The topological polar surface area (TPSA) is 34.1 Å². The zero-order chi connectivity index (χ0) is 15.2. The van der Waals surface area contributed by atoms with Crippen molar-refractivity contribution in [1.82, 2.24) is 10.3 Å². The van der Waals surface area contributed by atoms with Crippen LogP contribution in [0.3, 0.4) is 0 Å². The van der Waals surface area contributed by atoms with Crippen molar-refractivity contribution in [3.05, 3.63) is 23.4 Å². The highest BCUT2D eigenvalue weighted by Crippen LogP contribution is 2.19. The van der Waals surface area contributed by atoms with Gasteiger partial charge in [0.05, 0.1) is 6.61 Å². The number of hydrogen-bond donors (Lipinski definition) is 1. The summed E-state index contributed by atoms with van der Waals surface area (Å²) in [6.07, 6.45) is 1.03. The Morgan fingerprint density at radius 1 is 1.25 bits per heavy atom. The van der Waals surface area contributed by atoms with Crippen LogP contribution in [0.15, 0.2) is 12.1 Å². The average Bonchev–Trinajstić information content (AvgIpc) is 2.30. The first-order valence-corrected chi connectivity index (χ1v) is 7.58. The van der Waals surface area contributed by atoms with Crippen molar-refractivity contribution >= 4 is 0 Å². The fourth-order valence-corrected chi connectivity index (χ4v) is 1.79. The molecule has 0 spiro atoms. The Balaban J connectivity index is 2.46. The summed E-state index contributed by atoms with van der Waals surface area (Å²) in [5.41, 5.74) is 2.60. The molecule has 1 rings (SSSR count). The maximum Gasteiger partial charge on any atom is 0.213 e. The van der Waals surface area contributed by atoms with E-state index in [1.54, 1.807) is 0 Å². The molecule has 0 fully saturated rings. The van der Waals surface area contributed by atoms with Gasteiger partial charge in [0, 0.05) is 18.3 Å². The minimum Gasteiger partial charge on any atom is -0.478 e. The van der Waals surface area contributed by atoms with E-state index in [0.717, 1.165) is 37.7 Å². The van der Waals surface area contributed by atoms with Gasteiger partial charge >= 0.3 is 0 Å². The van der Waals surface area contributed by atoms with Crippen LogP contribution in [0.1, 0.15) is 52.3 Å². The molecule has 114 valence electrons. The van der Waals surface area contributed by atoms with Crippen molar-refractivity contribution in [2.75, 3.05) is 13.2 Å². The lowest BCUT2D eigenvalue weighted by molar-refractivity contribution is 0.236. The van der Waals surface area contributed by atoms with E-state index in [9.17, 15) is 0 Å². The van der Waals surface area contributed by atoms with Crippen LogP contribution >= 0.6 is 0 Å². The van der Waals surface area contributed by atoms with Crippen LogP contribution in [0.5, 0.6) is 5.88 Å². The third-order valence-electron chi connectivity index (χ3n) is 3.14. The van der Waals surface area contributed by atoms with Gasteiger partial charge in [0.2, 0.25) is 5.88 Å². The van der Waals surface area contributed by atoms with E-state index in [2.05, 4.69) is 51.0 Å². The Morgan fingerprint density at radius 2 is 1.95 bits per heavy atom. The standard InChI is InChI=1S/C17H30N2O/c1-13(2)11-18-12-15-7-8-16(19-14(15)3)20-10-9-17(4,5)6/h7-8,13,18H,9-12H2,1-6H3. The van der Waals surface area contributed by atoms with Crippen molar-refractivity contribution in [3.63, 3.8) is 0 Å². The molecule has 0 saturated carbocycles. The highest BCUT2D eigenvalue weighted by atomic mass is 16.5. The smallest absolute Gasteiger partial charge is 0.213 e. The first-order valence-electron chi connectivity index (χ1n) is 7.58. The molecule has 0 saturated heterocycles. The maximum absolute atomic E-state index is 5.73. The molecule has 1 aromatic heterocycles. The average molecular weight is 278 g/mol. The molecule has 0 aliphatic rings. The van der Waals surface area contributed by atoms with E-state index in [0.29, 0.717) is 11.3 Å². The molecule has 0 bridgehead atoms. The maximum atomic E-state index is 5.73. The molecule has 0 aromatic carbocycles. The normalized spacial score (nSPS) is 11.9. The van der Waals surface area contributed by atoms with Gasteiger partial charge in [-0.15, -0.1) is 0 Å². The zero-order valence-corrected chi connectivity index (χ0v) is 13.9. The first-order chi connectivity index (χ1) is 9.28. The summed E-state index contributed by atoms with van der Waals surface area (Å²) in [4.78, 5) is 4.53. The van der Waals surface area contributed by atoms with E-state index < -0.39 is 0 Å². The van der Waals surface area contributed by atoms with Crippen LogP contribution in [-0.4, -0.2) is 18.1 Å². The second kappa shape index (κ2) is 7.63. The summed E-state index contributed by atoms with van der Waals surface area (Å²) in [5, 5.41) is 3.44. The van der Waals surface area contributed by atoms with Crippen molar-refractivity contribution in [2.24, 2.45) is 11.3 Å². The predicted molar refractivity (Wildman–Crippen MR) is 85.1 cm³/mol. The molecule has 1 aromatic rings. The molecule has 1 heterocycles. The second-order valence-electron chi connectivity index (χ2n) is 7.08. The minimum atomic E-state index is 0.301. The van der Waals surface area contributed by atoms with Gasteiger partial charge in [0.15, 0.2) is 0 Å². The fraction of sp³-hybridized carbons (Fsp3) is 0.706. The predicted octanol–water partition coefficient (Wildman–Crippen LogP) is 3.95. The summed E-state index contributed by atoms with van der Waals surface area (Å²) in [6.45, 7) is 15.8. The molecule has 0 radical (unpaired) electrons. The zero-order valence-electron chi connectivity index (χ0n) is 13.9. The van der Waals surface area contributed by atoms with Crippen molar-refractivity contribution in [3.8, 4) is 5.88 Å². The van der Waals surface area contributed by atoms with Gasteiger partial charge in [0.1, 0.15) is 0 Å². The highest BCUT2D eigenvalue weighted by molar-refractivity contribution is 5.24. The molecule has 3 nitrogen and oxygen atoms in total. The van der Waals surface area contributed by atoms with Crippen molar-refractivity contribution in [2.45, 2.75) is 54.5 Å². The number of aromatic nitrogens is 1. The molecule has 0 atom stereocenters. The monoisotopic (exact) mass is 278 g/mol. The number of aryl methyl sites for hydroxylation is 1. The number of pyridine rings is 1. The summed E-state index contributed by atoms with van der Waals surface area (Å²) >= 11 is 0. The summed E-state index contributed by atoms with van der Waals surface area (Å²) in [7, 11) is 0. The third-order valence-corrected chi connectivity index (χ3v) is 3.14. The van der Waals surface area contributed by atoms with E-state index >= 15 is 0 Å². The third kappa shape index (κ3) is 6.90. The van der Waals surface area contributed by atoms with Gasteiger partial charge in [-0.1, -0.05) is 40.7 Å². The Hall–Kier alpha value is -1.09. The number of hydrogen-bond acceptors (Lipinski definition) is 3. The minimum absolute atomic E-state index is 0.301. The van der Waals surface area contributed by atoms with Gasteiger partial charge in [-0.2, -0.15) is 0 Å². The SMILES string of the molecule is Cc1nc(OCCC(C)(C)C)ccc1CNCC(C)C. The lowest BCUT2D eigenvalue weighted by atomic mass is 9.93. The molecule has 0 aliphatic carbocycles. The Labute approximate surface area is 124 Å². The van der Waals surface area contributed by atoms with E-state index in [4.69, 9.17) is 4.74 Å². The Kier molecular flexibility index (Phi) is 6.47. The van der Waals surface area contributed by atoms with Gasteiger partial charge < -0.3 is 10.1 Å². The molecule has 1 N–H and O–H groups in total. The second-order valence-corrected chi connectivity index (χ2v) is 7.08. The van der Waals surface area contributed by atoms with Crippen LogP contribution in [0.4, 0.5) is 0 Å². The number of nitrogens with zero attached hydrogens (tertiary/aromatic N) is 1. The quantitative estimate of drug-likeness (QED) is 0.820. The molecular formula is C17H30N2O. The van der Waals surface area contributed by atoms with Gasteiger partial charge in [-0.05, 0) is 36.8 Å². The summed E-state index contributed by atoms with van der Waals surface area (Å²) < 4.78 is 5.73.